The van der Waals surface area contributed by atoms with Gasteiger partial charge >= 0.3 is 0 Å². The molecule has 1 aliphatic heterocycles. The number of carbonyl (C=O) groups excluding carboxylic acids is 3. The van der Waals surface area contributed by atoms with Gasteiger partial charge in [0.25, 0.3) is 17.7 Å². The number of anilines is 2. The maximum Gasteiger partial charge on any atom is 0.282 e. The molecule has 3 amide bonds. The van der Waals surface area contributed by atoms with Crippen LogP contribution in [0.15, 0.2) is 109 Å². The molecule has 5 aromatic rings. The quantitative estimate of drug-likeness (QED) is 0.218. The maximum absolute atomic E-state index is 14.0. The van der Waals surface area contributed by atoms with E-state index in [0.717, 1.165) is 28.1 Å². The van der Waals surface area contributed by atoms with Gasteiger partial charge < -0.3 is 14.8 Å². The Balaban J connectivity index is 1.27. The predicted octanol–water partition coefficient (Wildman–Crippen LogP) is 6.48. The zero-order valence-electron chi connectivity index (χ0n) is 24.3. The van der Waals surface area contributed by atoms with E-state index in [2.05, 4.69) is 10.7 Å². The van der Waals surface area contributed by atoms with Crippen molar-refractivity contribution in [3.05, 3.63) is 142 Å². The molecule has 1 aliphatic rings. The van der Waals surface area contributed by atoms with E-state index in [1.165, 1.54) is 0 Å². The molecule has 0 bridgehead atoms. The van der Waals surface area contributed by atoms with Gasteiger partial charge in [0, 0.05) is 36.7 Å². The molecule has 0 unspecified atom stereocenters. The van der Waals surface area contributed by atoms with E-state index in [4.69, 9.17) is 11.6 Å². The Kier molecular flexibility index (Phi) is 8.02. The zero-order chi connectivity index (χ0) is 30.8. The summed E-state index contributed by atoms with van der Waals surface area (Å²) in [6.45, 7) is 0.678. The number of carbonyl (C=O) groups is 3. The second-order valence-corrected chi connectivity index (χ2v) is 11.1. The van der Waals surface area contributed by atoms with E-state index in [9.17, 15) is 14.4 Å². The summed E-state index contributed by atoms with van der Waals surface area (Å²) in [7, 11) is 3.51. The number of nitrogens with zero attached hydrogens (tertiary/aromatic N) is 3. The summed E-state index contributed by atoms with van der Waals surface area (Å²) in [5.41, 5.74) is 8.80. The molecule has 0 fully saturated rings. The highest BCUT2D eigenvalue weighted by molar-refractivity contribution is 6.35. The molecule has 9 heteroatoms. The number of hydrogen-bond donors (Lipinski definition) is 2. The van der Waals surface area contributed by atoms with E-state index in [1.54, 1.807) is 54.3 Å². The Hall–Kier alpha value is -5.18. The molecular weight excluding hydrogens is 574 g/mol. The molecule has 6 rings (SSSR count). The number of amides is 3. The third-order valence-electron chi connectivity index (χ3n) is 7.52. The summed E-state index contributed by atoms with van der Waals surface area (Å²) < 4.78 is 1.93. The number of fused-ring (bicyclic) bond motifs is 2. The van der Waals surface area contributed by atoms with Gasteiger partial charge in [-0.1, -0.05) is 78.3 Å². The number of nitrogens with one attached hydrogen (secondary N) is 2. The molecule has 0 saturated heterocycles. The number of aromatic nitrogens is 1. The smallest absolute Gasteiger partial charge is 0.282 e. The standard InChI is InChI=1S/C35H30ClN5O3/c1-39(2)38-34(43)32-19-17-26-22-41(31-15-9-6-12-24(31)21-40(26)32)35(44)29-18-16-25(20-30(29)36)37-33(42)28-14-8-7-13-27(28)23-10-4-3-5-11-23/h3-20H,21-22H2,1-2H3,(H,37,42)(H,38,43). The minimum Gasteiger partial charge on any atom is -0.334 e. The minimum atomic E-state index is -0.288. The second-order valence-electron chi connectivity index (χ2n) is 10.7. The Morgan fingerprint density at radius 2 is 1.48 bits per heavy atom. The SMILES string of the molecule is CN(C)NC(=O)c1ccc2n1Cc1ccccc1N(C(=O)c1ccc(NC(=O)c3ccccc3-c3ccccc3)cc1Cl)C2. The van der Waals surface area contributed by atoms with Gasteiger partial charge in [0.1, 0.15) is 5.69 Å². The Morgan fingerprint density at radius 3 is 2.25 bits per heavy atom. The van der Waals surface area contributed by atoms with Gasteiger partial charge in [-0.25, -0.2) is 5.01 Å². The Labute approximate surface area is 260 Å². The molecule has 2 N–H and O–H groups in total. The van der Waals surface area contributed by atoms with Crippen molar-refractivity contribution in [2.24, 2.45) is 0 Å². The minimum absolute atomic E-state index is 0.215. The lowest BCUT2D eigenvalue weighted by molar-refractivity contribution is 0.0846. The first-order chi connectivity index (χ1) is 21.3. The van der Waals surface area contributed by atoms with Crippen molar-refractivity contribution in [2.45, 2.75) is 13.1 Å². The molecule has 2 heterocycles. The first kappa shape index (κ1) is 28.9. The summed E-state index contributed by atoms with van der Waals surface area (Å²) in [6, 6.07) is 33.3. The fourth-order valence-electron chi connectivity index (χ4n) is 5.46. The second kappa shape index (κ2) is 12.2. The molecular formula is C35H30ClN5O3. The summed E-state index contributed by atoms with van der Waals surface area (Å²) in [6.07, 6.45) is 0. The highest BCUT2D eigenvalue weighted by atomic mass is 35.5. The topological polar surface area (TPSA) is 86.7 Å². The molecule has 0 spiro atoms. The van der Waals surface area contributed by atoms with Gasteiger partial charge in [-0.3, -0.25) is 19.8 Å². The van der Waals surface area contributed by atoms with Crippen LogP contribution in [0, 0.1) is 0 Å². The first-order valence-electron chi connectivity index (χ1n) is 14.1. The van der Waals surface area contributed by atoms with Crippen LogP contribution in [-0.2, 0) is 13.1 Å². The molecule has 0 saturated carbocycles. The van der Waals surface area contributed by atoms with Gasteiger partial charge in [-0.2, -0.15) is 0 Å². The number of rotatable bonds is 6. The molecule has 1 aromatic heterocycles. The summed E-state index contributed by atoms with van der Waals surface area (Å²) >= 11 is 6.70. The van der Waals surface area contributed by atoms with Crippen LogP contribution in [0.5, 0.6) is 0 Å². The van der Waals surface area contributed by atoms with Crippen molar-refractivity contribution in [1.82, 2.24) is 15.0 Å². The van der Waals surface area contributed by atoms with E-state index in [0.29, 0.717) is 29.1 Å². The van der Waals surface area contributed by atoms with Crippen LogP contribution in [-0.4, -0.2) is 41.4 Å². The fourth-order valence-corrected chi connectivity index (χ4v) is 5.72. The zero-order valence-corrected chi connectivity index (χ0v) is 25.0. The average Bonchev–Trinajstić information content (AvgIpc) is 3.34. The molecule has 0 atom stereocenters. The van der Waals surface area contributed by atoms with E-state index >= 15 is 0 Å². The van der Waals surface area contributed by atoms with Crippen molar-refractivity contribution >= 4 is 40.7 Å². The van der Waals surface area contributed by atoms with Crippen LogP contribution < -0.4 is 15.6 Å². The van der Waals surface area contributed by atoms with Crippen LogP contribution in [0.4, 0.5) is 11.4 Å². The Bertz CT molecular complexity index is 1880. The van der Waals surface area contributed by atoms with Crippen LogP contribution in [0.2, 0.25) is 5.02 Å². The molecule has 4 aromatic carbocycles. The monoisotopic (exact) mass is 603 g/mol. The lowest BCUT2D eigenvalue weighted by Gasteiger charge is -2.23. The van der Waals surface area contributed by atoms with Crippen molar-refractivity contribution in [3.8, 4) is 11.1 Å². The third-order valence-corrected chi connectivity index (χ3v) is 7.83. The lowest BCUT2D eigenvalue weighted by atomic mass is 9.99. The van der Waals surface area contributed by atoms with E-state index in [-0.39, 0.29) is 29.3 Å². The van der Waals surface area contributed by atoms with E-state index < -0.39 is 0 Å². The van der Waals surface area contributed by atoms with Crippen LogP contribution in [0.3, 0.4) is 0 Å². The third kappa shape index (κ3) is 5.73. The van der Waals surface area contributed by atoms with Crippen LogP contribution in [0.1, 0.15) is 42.5 Å². The predicted molar refractivity (Wildman–Crippen MR) is 173 cm³/mol. The molecule has 0 aliphatic carbocycles. The maximum atomic E-state index is 14.0. The highest BCUT2D eigenvalue weighted by Gasteiger charge is 2.28. The van der Waals surface area contributed by atoms with Gasteiger partial charge in [0.05, 0.1) is 23.7 Å². The summed E-state index contributed by atoms with van der Waals surface area (Å²) in [5, 5.41) is 4.74. The molecule has 44 heavy (non-hydrogen) atoms. The van der Waals surface area contributed by atoms with Gasteiger partial charge in [0.15, 0.2) is 0 Å². The van der Waals surface area contributed by atoms with Crippen LogP contribution in [0.25, 0.3) is 11.1 Å². The molecule has 8 nitrogen and oxygen atoms in total. The number of para-hydroxylation sites is 1. The first-order valence-corrected chi connectivity index (χ1v) is 14.5. The number of hydrazine groups is 1. The molecule has 0 radical (unpaired) electrons. The van der Waals surface area contributed by atoms with Gasteiger partial charge in [-0.05, 0) is 59.2 Å². The largest absolute Gasteiger partial charge is 0.334 e. The van der Waals surface area contributed by atoms with Crippen molar-refractivity contribution < 1.29 is 14.4 Å². The van der Waals surface area contributed by atoms with Gasteiger partial charge in [0.2, 0.25) is 0 Å². The lowest BCUT2D eigenvalue weighted by Crippen LogP contribution is -2.37. The van der Waals surface area contributed by atoms with Crippen molar-refractivity contribution in [1.29, 1.82) is 0 Å². The van der Waals surface area contributed by atoms with Crippen molar-refractivity contribution in [2.75, 3.05) is 24.3 Å². The summed E-state index contributed by atoms with van der Waals surface area (Å²) in [5.74, 6) is -0.801. The van der Waals surface area contributed by atoms with Crippen molar-refractivity contribution in [3.63, 3.8) is 0 Å². The number of benzene rings is 4. The summed E-state index contributed by atoms with van der Waals surface area (Å²) in [4.78, 5) is 41.9. The normalized spacial score (nSPS) is 12.2. The van der Waals surface area contributed by atoms with Crippen LogP contribution >= 0.6 is 11.6 Å². The fraction of sp³-hybridized carbons (Fsp3) is 0.114. The van der Waals surface area contributed by atoms with E-state index in [1.807, 2.05) is 83.4 Å². The Morgan fingerprint density at radius 1 is 0.750 bits per heavy atom. The average molecular weight is 604 g/mol. The highest BCUT2D eigenvalue weighted by Crippen LogP contribution is 2.32. The number of hydrogen-bond acceptors (Lipinski definition) is 4. The molecule has 220 valence electrons. The van der Waals surface area contributed by atoms with Gasteiger partial charge in [-0.15, -0.1) is 0 Å². The number of halogens is 1.